The first-order chi connectivity index (χ1) is 11.1. The van der Waals surface area contributed by atoms with Gasteiger partial charge in [0.1, 0.15) is 0 Å². The third kappa shape index (κ3) is 2.22. The number of benzene rings is 2. The molecule has 23 heavy (non-hydrogen) atoms. The molecule has 0 N–H and O–H groups in total. The van der Waals surface area contributed by atoms with Crippen LogP contribution in [0.2, 0.25) is 0 Å². The first kappa shape index (κ1) is 14.0. The Balaban J connectivity index is 1.93. The van der Waals surface area contributed by atoms with Crippen molar-refractivity contribution in [2.45, 2.75) is 19.8 Å². The third-order valence-electron chi connectivity index (χ3n) is 4.80. The predicted octanol–water partition coefficient (Wildman–Crippen LogP) is 5.19. The molecular formula is C21H20N2. The zero-order valence-electron chi connectivity index (χ0n) is 13.7. The van der Waals surface area contributed by atoms with E-state index < -0.39 is 0 Å². The molecule has 0 saturated carbocycles. The smallest absolute Gasteiger partial charge is 0.0708 e. The number of rotatable bonds is 2. The van der Waals surface area contributed by atoms with Gasteiger partial charge in [0.05, 0.1) is 5.52 Å². The molecule has 1 unspecified atom stereocenters. The lowest BCUT2D eigenvalue weighted by Gasteiger charge is -2.16. The Bertz CT molecular complexity index is 1010. The van der Waals surface area contributed by atoms with Crippen LogP contribution in [0.1, 0.15) is 29.7 Å². The first-order valence-corrected chi connectivity index (χ1v) is 8.05. The van der Waals surface area contributed by atoms with Gasteiger partial charge in [0.2, 0.25) is 0 Å². The molecule has 4 aromatic rings. The van der Waals surface area contributed by atoms with Gasteiger partial charge in [0.15, 0.2) is 0 Å². The molecule has 0 radical (unpaired) electrons. The molecule has 4 rings (SSSR count). The Morgan fingerprint density at radius 1 is 0.870 bits per heavy atom. The van der Waals surface area contributed by atoms with Gasteiger partial charge in [-0.1, -0.05) is 37.3 Å². The van der Waals surface area contributed by atoms with Gasteiger partial charge in [-0.2, -0.15) is 0 Å². The van der Waals surface area contributed by atoms with Crippen molar-refractivity contribution in [1.82, 2.24) is 9.55 Å². The molecule has 1 atom stereocenters. The fourth-order valence-corrected chi connectivity index (χ4v) is 3.53. The predicted molar refractivity (Wildman–Crippen MR) is 96.9 cm³/mol. The van der Waals surface area contributed by atoms with E-state index in [9.17, 15) is 0 Å². The average Bonchev–Trinajstić information content (AvgIpc) is 2.95. The van der Waals surface area contributed by atoms with Crippen molar-refractivity contribution in [1.29, 1.82) is 0 Å². The molecule has 0 aliphatic rings. The molecule has 2 heteroatoms. The van der Waals surface area contributed by atoms with Crippen LogP contribution in [0.3, 0.4) is 0 Å². The quantitative estimate of drug-likeness (QED) is 0.498. The van der Waals surface area contributed by atoms with E-state index in [2.05, 4.69) is 84.3 Å². The summed E-state index contributed by atoms with van der Waals surface area (Å²) in [6.07, 6.45) is 2.13. The molecule has 0 amide bonds. The van der Waals surface area contributed by atoms with Gasteiger partial charge in [-0.3, -0.25) is 4.98 Å². The van der Waals surface area contributed by atoms with Crippen LogP contribution in [0.15, 0.2) is 60.8 Å². The second-order valence-electron chi connectivity index (χ2n) is 6.29. The van der Waals surface area contributed by atoms with E-state index in [1.807, 2.05) is 6.92 Å². The van der Waals surface area contributed by atoms with Crippen LogP contribution in [0.4, 0.5) is 0 Å². The number of pyridine rings is 1. The number of hydrogen-bond acceptors (Lipinski definition) is 1. The molecule has 114 valence electrons. The minimum absolute atomic E-state index is 0.328. The highest BCUT2D eigenvalue weighted by atomic mass is 14.9. The molecule has 0 bridgehead atoms. The lowest BCUT2D eigenvalue weighted by molar-refractivity contribution is 0.939. The first-order valence-electron chi connectivity index (χ1n) is 8.05. The van der Waals surface area contributed by atoms with Crippen LogP contribution in [-0.2, 0) is 7.05 Å². The second-order valence-corrected chi connectivity index (χ2v) is 6.29. The van der Waals surface area contributed by atoms with Gasteiger partial charge >= 0.3 is 0 Å². The monoisotopic (exact) mass is 300 g/mol. The summed E-state index contributed by atoms with van der Waals surface area (Å²) < 4.78 is 2.18. The van der Waals surface area contributed by atoms with Crippen molar-refractivity contribution in [2.24, 2.45) is 7.05 Å². The van der Waals surface area contributed by atoms with Gasteiger partial charge < -0.3 is 4.57 Å². The lowest BCUT2D eigenvalue weighted by atomic mass is 9.88. The highest BCUT2D eigenvalue weighted by Crippen LogP contribution is 2.34. The van der Waals surface area contributed by atoms with Crippen LogP contribution in [0.5, 0.6) is 0 Å². The van der Waals surface area contributed by atoms with Crippen LogP contribution < -0.4 is 0 Å². The van der Waals surface area contributed by atoms with Crippen LogP contribution >= 0.6 is 0 Å². The number of aryl methyl sites for hydroxylation is 2. The molecule has 0 spiro atoms. The van der Waals surface area contributed by atoms with Crippen LogP contribution in [-0.4, -0.2) is 9.55 Å². The maximum atomic E-state index is 4.67. The lowest BCUT2D eigenvalue weighted by Crippen LogP contribution is -1.99. The van der Waals surface area contributed by atoms with E-state index in [4.69, 9.17) is 0 Å². The molecule has 2 aromatic carbocycles. The number of fused-ring (bicyclic) bond motifs is 2. The summed E-state index contributed by atoms with van der Waals surface area (Å²) in [5.74, 6) is 0.328. The number of aromatic nitrogens is 2. The molecule has 0 aliphatic carbocycles. The Hall–Kier alpha value is -2.61. The van der Waals surface area contributed by atoms with Gasteiger partial charge in [0, 0.05) is 41.1 Å². The second kappa shape index (κ2) is 5.24. The van der Waals surface area contributed by atoms with E-state index in [0.29, 0.717) is 5.92 Å². The minimum atomic E-state index is 0.328. The fraction of sp³-hybridized carbons (Fsp3) is 0.190. The number of hydrogen-bond donors (Lipinski definition) is 0. The van der Waals surface area contributed by atoms with Crippen molar-refractivity contribution >= 4 is 21.8 Å². The van der Waals surface area contributed by atoms with E-state index in [-0.39, 0.29) is 0 Å². The summed E-state index contributed by atoms with van der Waals surface area (Å²) >= 11 is 0. The van der Waals surface area contributed by atoms with Gasteiger partial charge in [-0.25, -0.2) is 0 Å². The summed E-state index contributed by atoms with van der Waals surface area (Å²) in [5.41, 5.74) is 6.13. The molecular weight excluding hydrogens is 280 g/mol. The van der Waals surface area contributed by atoms with Crippen LogP contribution in [0.25, 0.3) is 21.8 Å². The van der Waals surface area contributed by atoms with E-state index in [1.165, 1.54) is 27.4 Å². The summed E-state index contributed by atoms with van der Waals surface area (Å²) in [6.45, 7) is 4.33. The average molecular weight is 300 g/mol. The normalized spacial score (nSPS) is 12.8. The standard InChI is InChI=1S/C21H20N2/c1-14-10-11-18-16(6-4-8-20(18)22-14)15(2)17-7-5-9-21-19(17)12-13-23(21)3/h4-13,15H,1-3H3. The van der Waals surface area contributed by atoms with E-state index in [1.54, 1.807) is 0 Å². The molecule has 0 aliphatic heterocycles. The molecule has 2 aromatic heterocycles. The Labute approximate surface area is 136 Å². The summed E-state index contributed by atoms with van der Waals surface area (Å²) in [5, 5.41) is 2.58. The third-order valence-corrected chi connectivity index (χ3v) is 4.80. The summed E-state index contributed by atoms with van der Waals surface area (Å²) in [6, 6.07) is 19.5. The molecule has 0 saturated heterocycles. The SMILES string of the molecule is Cc1ccc2c(C(C)c3cccc4c3ccn4C)cccc2n1. The Morgan fingerprint density at radius 3 is 2.43 bits per heavy atom. The van der Waals surface area contributed by atoms with Crippen molar-refractivity contribution in [2.75, 3.05) is 0 Å². The Morgan fingerprint density at radius 2 is 1.61 bits per heavy atom. The van der Waals surface area contributed by atoms with E-state index in [0.717, 1.165) is 11.2 Å². The highest BCUT2D eigenvalue weighted by molar-refractivity contribution is 5.87. The zero-order valence-corrected chi connectivity index (χ0v) is 13.7. The largest absolute Gasteiger partial charge is 0.351 e. The maximum absolute atomic E-state index is 4.67. The topological polar surface area (TPSA) is 17.8 Å². The highest BCUT2D eigenvalue weighted by Gasteiger charge is 2.15. The fourth-order valence-electron chi connectivity index (χ4n) is 3.53. The molecule has 0 fully saturated rings. The van der Waals surface area contributed by atoms with Crippen molar-refractivity contribution in [3.63, 3.8) is 0 Å². The zero-order chi connectivity index (χ0) is 16.0. The minimum Gasteiger partial charge on any atom is -0.351 e. The summed E-state index contributed by atoms with van der Waals surface area (Å²) in [4.78, 5) is 4.67. The maximum Gasteiger partial charge on any atom is 0.0708 e. The van der Waals surface area contributed by atoms with Crippen LogP contribution in [0, 0.1) is 6.92 Å². The van der Waals surface area contributed by atoms with Gasteiger partial charge in [0.25, 0.3) is 0 Å². The van der Waals surface area contributed by atoms with E-state index >= 15 is 0 Å². The molecule has 2 heterocycles. The number of nitrogens with zero attached hydrogens (tertiary/aromatic N) is 2. The summed E-state index contributed by atoms with van der Waals surface area (Å²) in [7, 11) is 2.10. The Kier molecular flexibility index (Phi) is 3.19. The van der Waals surface area contributed by atoms with Gasteiger partial charge in [-0.15, -0.1) is 0 Å². The molecule has 2 nitrogen and oxygen atoms in total. The van der Waals surface area contributed by atoms with Crippen molar-refractivity contribution in [3.05, 3.63) is 77.6 Å². The van der Waals surface area contributed by atoms with Crippen molar-refractivity contribution < 1.29 is 0 Å². The van der Waals surface area contributed by atoms with Crippen molar-refractivity contribution in [3.8, 4) is 0 Å². The van der Waals surface area contributed by atoms with Gasteiger partial charge in [-0.05, 0) is 42.3 Å².